The van der Waals surface area contributed by atoms with Crippen LogP contribution in [0, 0.1) is 0 Å². The average Bonchev–Trinajstić information content (AvgIpc) is 2.96. The van der Waals surface area contributed by atoms with Crippen molar-refractivity contribution in [3.63, 3.8) is 0 Å². The van der Waals surface area contributed by atoms with Gasteiger partial charge in [0.15, 0.2) is 6.10 Å². The lowest BCUT2D eigenvalue weighted by Gasteiger charge is -2.34. The molecule has 258 valence electrons. The number of quaternary nitrogens is 1. The van der Waals surface area contributed by atoms with Crippen LogP contribution in [0.25, 0.3) is 0 Å². The molecule has 0 amide bonds. The van der Waals surface area contributed by atoms with Crippen LogP contribution in [0.2, 0.25) is 0 Å². The van der Waals surface area contributed by atoms with Gasteiger partial charge < -0.3 is 28.6 Å². The monoisotopic (exact) mass is 625 g/mol. The van der Waals surface area contributed by atoms with Crippen molar-refractivity contribution in [2.45, 2.75) is 161 Å². The highest BCUT2D eigenvalue weighted by atomic mass is 16.6. The maximum absolute atomic E-state index is 12.6. The molecular formula is C36H67NO7. The van der Waals surface area contributed by atoms with Crippen LogP contribution in [0.15, 0.2) is 12.2 Å². The molecule has 0 radical (unpaired) electrons. The third kappa shape index (κ3) is 26.5. The Morgan fingerprint density at radius 2 is 1.14 bits per heavy atom. The summed E-state index contributed by atoms with van der Waals surface area (Å²) < 4.78 is 17.0. The third-order valence-electron chi connectivity index (χ3n) is 7.90. The number of hydrogen-bond acceptors (Lipinski definition) is 7. The molecule has 0 fully saturated rings. The first-order valence-corrected chi connectivity index (χ1v) is 17.7. The van der Waals surface area contributed by atoms with Crippen molar-refractivity contribution in [1.29, 1.82) is 0 Å². The molecule has 2 unspecified atom stereocenters. The van der Waals surface area contributed by atoms with Gasteiger partial charge in [-0.1, -0.05) is 103 Å². The van der Waals surface area contributed by atoms with Crippen LogP contribution in [-0.4, -0.2) is 75.5 Å². The predicted octanol–water partition coefficient (Wildman–Crippen LogP) is 7.07. The molecule has 0 aliphatic carbocycles. The molecule has 0 spiro atoms. The summed E-state index contributed by atoms with van der Waals surface area (Å²) in [4.78, 5) is 36.4. The lowest BCUT2D eigenvalue weighted by molar-refractivity contribution is -0.889. The first kappa shape index (κ1) is 42.1. The Hall–Kier alpha value is -1.93. The second kappa shape index (κ2) is 28.5. The fourth-order valence-electron chi connectivity index (χ4n) is 5.06. The van der Waals surface area contributed by atoms with Gasteiger partial charge in [0.2, 0.25) is 0 Å². The lowest BCUT2D eigenvalue weighted by atomic mass is 10.1. The van der Waals surface area contributed by atoms with Gasteiger partial charge in [-0.2, -0.15) is 0 Å². The van der Waals surface area contributed by atoms with E-state index in [0.717, 1.165) is 51.4 Å². The first-order valence-electron chi connectivity index (χ1n) is 17.7. The van der Waals surface area contributed by atoms with E-state index in [0.29, 0.717) is 12.8 Å². The molecule has 8 nitrogen and oxygen atoms in total. The zero-order valence-electron chi connectivity index (χ0n) is 29.1. The number of ether oxygens (including phenoxy) is 3. The molecule has 0 N–H and O–H groups in total. The quantitative estimate of drug-likeness (QED) is 0.0351. The Morgan fingerprint density at radius 1 is 0.659 bits per heavy atom. The van der Waals surface area contributed by atoms with Gasteiger partial charge >= 0.3 is 11.9 Å². The van der Waals surface area contributed by atoms with Crippen LogP contribution in [0.5, 0.6) is 0 Å². The fourth-order valence-corrected chi connectivity index (χ4v) is 5.06. The van der Waals surface area contributed by atoms with Crippen LogP contribution in [0.4, 0.5) is 0 Å². The molecule has 0 aliphatic heterocycles. The summed E-state index contributed by atoms with van der Waals surface area (Å²) in [5.41, 5.74) is 0. The number of carbonyl (C=O) groups is 3. The normalized spacial score (nSPS) is 13.2. The molecule has 0 rings (SSSR count). The van der Waals surface area contributed by atoms with E-state index in [1.165, 1.54) is 64.2 Å². The van der Waals surface area contributed by atoms with E-state index >= 15 is 0 Å². The van der Waals surface area contributed by atoms with E-state index in [1.807, 2.05) is 0 Å². The van der Waals surface area contributed by atoms with E-state index in [9.17, 15) is 19.5 Å². The predicted molar refractivity (Wildman–Crippen MR) is 176 cm³/mol. The van der Waals surface area contributed by atoms with Crippen molar-refractivity contribution in [2.24, 2.45) is 0 Å². The molecule has 2 atom stereocenters. The largest absolute Gasteiger partial charge is 0.544 e. The Kier molecular flexibility index (Phi) is 27.3. The summed E-state index contributed by atoms with van der Waals surface area (Å²) >= 11 is 0. The smallest absolute Gasteiger partial charge is 0.306 e. The Bertz CT molecular complexity index is 747. The summed E-state index contributed by atoms with van der Waals surface area (Å²) in [6, 6.07) is -0.720. The maximum Gasteiger partial charge on any atom is 0.306 e. The topological polar surface area (TPSA) is 102 Å². The number of carbonyl (C=O) groups excluding carboxylic acids is 3. The van der Waals surface area contributed by atoms with E-state index in [4.69, 9.17) is 14.2 Å². The molecule has 0 bridgehead atoms. The van der Waals surface area contributed by atoms with E-state index in [1.54, 1.807) is 21.1 Å². The lowest BCUT2D eigenvalue weighted by Crippen LogP contribution is -2.55. The molecule has 0 aromatic carbocycles. The molecule has 44 heavy (non-hydrogen) atoms. The minimum atomic E-state index is -1.13. The first-order chi connectivity index (χ1) is 21.1. The number of hydrogen-bond donors (Lipinski definition) is 0. The average molecular weight is 626 g/mol. The summed E-state index contributed by atoms with van der Waals surface area (Å²) in [5.74, 6) is -1.75. The van der Waals surface area contributed by atoms with Crippen molar-refractivity contribution >= 4 is 17.9 Å². The van der Waals surface area contributed by atoms with Crippen molar-refractivity contribution in [3.05, 3.63) is 12.2 Å². The van der Waals surface area contributed by atoms with Gasteiger partial charge in [-0.25, -0.2) is 0 Å². The summed E-state index contributed by atoms with van der Waals surface area (Å²) in [6.45, 7) is 4.57. The number of rotatable bonds is 31. The number of esters is 2. The van der Waals surface area contributed by atoms with Crippen molar-refractivity contribution < 1.29 is 38.2 Å². The van der Waals surface area contributed by atoms with Gasteiger partial charge in [-0.3, -0.25) is 9.59 Å². The number of carboxylic acids is 1. The summed E-state index contributed by atoms with van der Waals surface area (Å²) in [7, 11) is 5.38. The van der Waals surface area contributed by atoms with E-state index in [2.05, 4.69) is 26.0 Å². The van der Waals surface area contributed by atoms with Crippen molar-refractivity contribution in [2.75, 3.05) is 41.0 Å². The maximum atomic E-state index is 12.6. The highest BCUT2D eigenvalue weighted by Crippen LogP contribution is 2.12. The molecule has 0 saturated carbocycles. The van der Waals surface area contributed by atoms with Crippen LogP contribution in [0.1, 0.15) is 149 Å². The number of carboxylic acid groups (broad SMARTS) is 1. The van der Waals surface area contributed by atoms with Gasteiger partial charge in [0, 0.05) is 19.3 Å². The Labute approximate surface area is 269 Å². The number of likely N-dealkylation sites (N-methyl/N-ethyl adjacent to an activating group) is 1. The number of aliphatic carboxylic acids is 1. The molecule has 0 aromatic rings. The Morgan fingerprint density at radius 3 is 1.66 bits per heavy atom. The minimum Gasteiger partial charge on any atom is -0.544 e. The second-order valence-electron chi connectivity index (χ2n) is 13.1. The van der Waals surface area contributed by atoms with Gasteiger partial charge in [0.1, 0.15) is 12.6 Å². The number of unbranched alkanes of at least 4 members (excludes halogenated alkanes) is 15. The van der Waals surface area contributed by atoms with Gasteiger partial charge in [0.05, 0.1) is 40.3 Å². The van der Waals surface area contributed by atoms with E-state index in [-0.39, 0.29) is 42.7 Å². The van der Waals surface area contributed by atoms with Gasteiger partial charge in [0.25, 0.3) is 0 Å². The summed E-state index contributed by atoms with van der Waals surface area (Å²) in [6.07, 6.45) is 25.3. The van der Waals surface area contributed by atoms with E-state index < -0.39 is 18.1 Å². The standard InChI is InChI=1S/C36H67NO7/c1-6-8-10-12-14-15-16-17-18-19-21-23-25-27-35(39)44-32(30-42-29-28-33(36(40)41)37(3,4)5)31-43-34(38)26-24-22-20-13-11-9-7-2/h15-16,32-33H,6-14,17-31H2,1-5H3/b16-15-. The Balaban J connectivity index is 4.44. The van der Waals surface area contributed by atoms with Crippen LogP contribution >= 0.6 is 0 Å². The van der Waals surface area contributed by atoms with Gasteiger partial charge in [-0.15, -0.1) is 0 Å². The number of nitrogens with zero attached hydrogens (tertiary/aromatic N) is 1. The van der Waals surface area contributed by atoms with Crippen LogP contribution in [0.3, 0.4) is 0 Å². The van der Waals surface area contributed by atoms with Crippen LogP contribution < -0.4 is 5.11 Å². The van der Waals surface area contributed by atoms with Crippen LogP contribution in [-0.2, 0) is 28.6 Å². The zero-order valence-corrected chi connectivity index (χ0v) is 29.1. The highest BCUT2D eigenvalue weighted by molar-refractivity contribution is 5.70. The highest BCUT2D eigenvalue weighted by Gasteiger charge is 2.25. The molecule has 0 saturated heterocycles. The van der Waals surface area contributed by atoms with Crippen molar-refractivity contribution in [1.82, 2.24) is 0 Å². The number of allylic oxidation sites excluding steroid dienone is 2. The summed E-state index contributed by atoms with van der Waals surface area (Å²) in [5, 5.41) is 11.5. The molecule has 0 aliphatic rings. The van der Waals surface area contributed by atoms with Gasteiger partial charge in [-0.05, 0) is 38.5 Å². The second-order valence-corrected chi connectivity index (χ2v) is 13.1. The molecule has 0 heterocycles. The van der Waals surface area contributed by atoms with Crippen molar-refractivity contribution in [3.8, 4) is 0 Å². The SMILES string of the molecule is CCCCCC/C=C\CCCCCCCC(=O)OC(COCCC(C(=O)[O-])[N+](C)(C)C)COC(=O)CCCCCCCCC. The molecule has 8 heteroatoms. The molecule has 0 aromatic heterocycles. The zero-order chi connectivity index (χ0) is 32.9. The third-order valence-corrected chi connectivity index (χ3v) is 7.90. The minimum absolute atomic E-state index is 0.0412. The molecular weight excluding hydrogens is 558 g/mol. The fraction of sp³-hybridized carbons (Fsp3) is 0.861.